The normalized spacial score (nSPS) is 13.8. The molecule has 1 aliphatic carbocycles. The minimum absolute atomic E-state index is 0.193. The number of aromatic nitrogens is 2. The molecule has 0 spiro atoms. The molecule has 0 atom stereocenters. The molecule has 4 rings (SSSR count). The molecule has 126 valence electrons. The first-order chi connectivity index (χ1) is 12.2. The van der Waals surface area contributed by atoms with Gasteiger partial charge in [-0.15, -0.1) is 0 Å². The molecule has 25 heavy (non-hydrogen) atoms. The maximum atomic E-state index is 12.6. The molecule has 2 heterocycles. The van der Waals surface area contributed by atoms with Gasteiger partial charge in [-0.1, -0.05) is 6.07 Å². The molecule has 4 heteroatoms. The van der Waals surface area contributed by atoms with E-state index in [4.69, 9.17) is 4.74 Å². The molecule has 0 bridgehead atoms. The van der Waals surface area contributed by atoms with Crippen LogP contribution in [0.25, 0.3) is 10.9 Å². The number of fused-ring (bicyclic) bond motifs is 1. The third-order valence-electron chi connectivity index (χ3n) is 4.70. The second-order valence-corrected chi connectivity index (χ2v) is 6.61. The molecule has 0 amide bonds. The molecular weight excluding hydrogens is 312 g/mol. The monoisotopic (exact) mass is 332 g/mol. The zero-order chi connectivity index (χ0) is 17.2. The lowest BCUT2D eigenvalue weighted by Gasteiger charge is -2.13. The molecule has 1 saturated carbocycles. The third-order valence-corrected chi connectivity index (χ3v) is 4.70. The zero-order valence-corrected chi connectivity index (χ0v) is 14.2. The van der Waals surface area contributed by atoms with Crippen LogP contribution < -0.4 is 4.74 Å². The summed E-state index contributed by atoms with van der Waals surface area (Å²) in [6.45, 7) is 0. The van der Waals surface area contributed by atoms with Crippen LogP contribution in [0.2, 0.25) is 0 Å². The van der Waals surface area contributed by atoms with Crippen LogP contribution in [0, 0.1) is 0 Å². The largest absolute Gasteiger partial charge is 0.497 e. The highest BCUT2D eigenvalue weighted by Crippen LogP contribution is 2.45. The lowest BCUT2D eigenvalue weighted by atomic mass is 9.95. The van der Waals surface area contributed by atoms with Gasteiger partial charge in [-0.25, -0.2) is 0 Å². The second kappa shape index (κ2) is 6.63. The molecule has 1 aromatic carbocycles. The Morgan fingerprint density at radius 3 is 2.80 bits per heavy atom. The summed E-state index contributed by atoms with van der Waals surface area (Å²) < 4.78 is 5.38. The molecule has 0 saturated heterocycles. The summed E-state index contributed by atoms with van der Waals surface area (Å²) >= 11 is 0. The van der Waals surface area contributed by atoms with E-state index in [1.54, 1.807) is 19.5 Å². The fourth-order valence-corrected chi connectivity index (χ4v) is 3.36. The van der Waals surface area contributed by atoms with Crippen LogP contribution in [0.15, 0.2) is 48.9 Å². The van der Waals surface area contributed by atoms with Gasteiger partial charge in [0.1, 0.15) is 11.5 Å². The van der Waals surface area contributed by atoms with E-state index in [-0.39, 0.29) is 5.78 Å². The van der Waals surface area contributed by atoms with Gasteiger partial charge in [-0.3, -0.25) is 14.8 Å². The first-order valence-electron chi connectivity index (χ1n) is 8.60. The summed E-state index contributed by atoms with van der Waals surface area (Å²) in [7, 11) is 1.67. The van der Waals surface area contributed by atoms with Gasteiger partial charge >= 0.3 is 0 Å². The minimum atomic E-state index is 0.193. The Kier molecular flexibility index (Phi) is 4.18. The van der Waals surface area contributed by atoms with E-state index in [9.17, 15) is 4.79 Å². The quantitative estimate of drug-likeness (QED) is 0.687. The van der Waals surface area contributed by atoms with Gasteiger partial charge in [0.05, 0.1) is 12.6 Å². The number of hydrogen-bond donors (Lipinski definition) is 0. The summed E-state index contributed by atoms with van der Waals surface area (Å²) in [5, 5.41) is 1.12. The summed E-state index contributed by atoms with van der Waals surface area (Å²) in [5.74, 6) is 1.56. The SMILES string of the molecule is COc1ccc2ncc(CC(=O)Cc3cccnc3)c(C3CC3)c2c1. The number of ketones is 1. The van der Waals surface area contributed by atoms with E-state index < -0.39 is 0 Å². The molecule has 1 fully saturated rings. The molecular formula is C21H20N2O2. The lowest BCUT2D eigenvalue weighted by Crippen LogP contribution is -2.09. The summed E-state index contributed by atoms with van der Waals surface area (Å²) in [4.78, 5) is 21.2. The number of Topliss-reactive ketones (excluding diaryl/α,β-unsaturated/α-hetero) is 1. The number of ether oxygens (including phenoxy) is 1. The fourth-order valence-electron chi connectivity index (χ4n) is 3.36. The lowest BCUT2D eigenvalue weighted by molar-refractivity contribution is -0.117. The van der Waals surface area contributed by atoms with Crippen molar-refractivity contribution in [3.05, 3.63) is 65.6 Å². The van der Waals surface area contributed by atoms with E-state index in [1.807, 2.05) is 36.5 Å². The highest BCUT2D eigenvalue weighted by molar-refractivity contribution is 5.89. The van der Waals surface area contributed by atoms with E-state index in [0.29, 0.717) is 18.8 Å². The topological polar surface area (TPSA) is 52.1 Å². The van der Waals surface area contributed by atoms with E-state index in [2.05, 4.69) is 9.97 Å². The first kappa shape index (κ1) is 15.8. The van der Waals surface area contributed by atoms with Gasteiger partial charge in [0.2, 0.25) is 0 Å². The number of benzene rings is 1. The van der Waals surface area contributed by atoms with Crippen molar-refractivity contribution in [1.29, 1.82) is 0 Å². The number of rotatable bonds is 6. The number of carbonyl (C=O) groups excluding carboxylic acids is 1. The number of methoxy groups -OCH3 is 1. The van der Waals surface area contributed by atoms with Crippen molar-refractivity contribution < 1.29 is 9.53 Å². The van der Waals surface area contributed by atoms with Crippen molar-refractivity contribution in [3.63, 3.8) is 0 Å². The van der Waals surface area contributed by atoms with E-state index in [1.165, 1.54) is 18.4 Å². The Morgan fingerprint density at radius 1 is 1.20 bits per heavy atom. The molecule has 0 unspecified atom stereocenters. The maximum Gasteiger partial charge on any atom is 0.141 e. The van der Waals surface area contributed by atoms with Crippen LogP contribution in [0.3, 0.4) is 0 Å². The number of pyridine rings is 2. The van der Waals surface area contributed by atoms with Crippen LogP contribution in [-0.4, -0.2) is 22.9 Å². The van der Waals surface area contributed by atoms with E-state index in [0.717, 1.165) is 27.8 Å². The number of nitrogens with zero attached hydrogens (tertiary/aromatic N) is 2. The van der Waals surface area contributed by atoms with Crippen molar-refractivity contribution in [3.8, 4) is 5.75 Å². The van der Waals surface area contributed by atoms with Crippen LogP contribution in [-0.2, 0) is 17.6 Å². The average Bonchev–Trinajstić information content (AvgIpc) is 3.46. The van der Waals surface area contributed by atoms with Crippen LogP contribution in [0.5, 0.6) is 5.75 Å². The van der Waals surface area contributed by atoms with Crippen molar-refractivity contribution in [1.82, 2.24) is 9.97 Å². The van der Waals surface area contributed by atoms with Crippen molar-refractivity contribution >= 4 is 16.7 Å². The molecule has 4 nitrogen and oxygen atoms in total. The van der Waals surface area contributed by atoms with Crippen LogP contribution in [0.4, 0.5) is 0 Å². The summed E-state index contributed by atoms with van der Waals surface area (Å²) in [5.41, 5.74) is 4.25. The van der Waals surface area contributed by atoms with Gasteiger partial charge in [0.15, 0.2) is 0 Å². The smallest absolute Gasteiger partial charge is 0.141 e. The Balaban J connectivity index is 1.67. The Bertz CT molecular complexity index is 918. The number of hydrogen-bond acceptors (Lipinski definition) is 4. The maximum absolute atomic E-state index is 12.6. The van der Waals surface area contributed by atoms with E-state index >= 15 is 0 Å². The minimum Gasteiger partial charge on any atom is -0.497 e. The van der Waals surface area contributed by atoms with Gasteiger partial charge in [0.25, 0.3) is 0 Å². The third kappa shape index (κ3) is 3.38. The predicted molar refractivity (Wildman–Crippen MR) is 96.9 cm³/mol. The average molecular weight is 332 g/mol. The Hall–Kier alpha value is -2.75. The van der Waals surface area contributed by atoms with Crippen molar-refractivity contribution in [2.24, 2.45) is 0 Å². The first-order valence-corrected chi connectivity index (χ1v) is 8.60. The summed E-state index contributed by atoms with van der Waals surface area (Å²) in [6.07, 6.45) is 8.54. The van der Waals surface area contributed by atoms with Gasteiger partial charge < -0.3 is 4.74 Å². The van der Waals surface area contributed by atoms with Crippen LogP contribution in [0.1, 0.15) is 35.4 Å². The van der Waals surface area contributed by atoms with Crippen molar-refractivity contribution in [2.75, 3.05) is 7.11 Å². The highest BCUT2D eigenvalue weighted by Gasteiger charge is 2.29. The molecule has 0 radical (unpaired) electrons. The van der Waals surface area contributed by atoms with Crippen molar-refractivity contribution in [2.45, 2.75) is 31.6 Å². The standard InChI is InChI=1S/C21H20N2O2/c1-25-18-6-7-20-19(11-18)21(15-4-5-15)16(13-23-20)10-17(24)9-14-3-2-8-22-12-14/h2-3,6-8,11-13,15H,4-5,9-10H2,1H3. The molecule has 3 aromatic rings. The molecule has 0 aliphatic heterocycles. The van der Waals surface area contributed by atoms with Gasteiger partial charge in [0, 0.05) is 36.8 Å². The molecule has 0 N–H and O–H groups in total. The molecule has 2 aromatic heterocycles. The predicted octanol–water partition coefficient (Wildman–Crippen LogP) is 3.87. The zero-order valence-electron chi connectivity index (χ0n) is 14.2. The number of carbonyl (C=O) groups is 1. The van der Waals surface area contributed by atoms with Gasteiger partial charge in [-0.05, 0) is 59.7 Å². The fraction of sp³-hybridized carbons (Fsp3) is 0.286. The van der Waals surface area contributed by atoms with Gasteiger partial charge in [-0.2, -0.15) is 0 Å². The second-order valence-electron chi connectivity index (χ2n) is 6.61. The molecule has 1 aliphatic rings. The highest BCUT2D eigenvalue weighted by atomic mass is 16.5. The Labute approximate surface area is 146 Å². The van der Waals surface area contributed by atoms with Crippen LogP contribution >= 0.6 is 0 Å². The summed E-state index contributed by atoms with van der Waals surface area (Å²) in [6, 6.07) is 9.77. The Morgan fingerprint density at radius 2 is 2.08 bits per heavy atom.